The molecule has 0 bridgehead atoms. The Morgan fingerprint density at radius 1 is 1.24 bits per heavy atom. The Bertz CT molecular complexity index is 987. The average Bonchev–Trinajstić information content (AvgIpc) is 2.98. The number of benzene rings is 1. The number of carbonyl (C=O) groups is 1. The summed E-state index contributed by atoms with van der Waals surface area (Å²) in [6, 6.07) is 5.21. The molecule has 29 heavy (non-hydrogen) atoms. The largest absolute Gasteiger partial charge is 0.353 e. The number of sulfonamides is 1. The molecule has 0 radical (unpaired) electrons. The van der Waals surface area contributed by atoms with Crippen LogP contribution in [0.5, 0.6) is 0 Å². The zero-order valence-corrected chi connectivity index (χ0v) is 18.8. The van der Waals surface area contributed by atoms with Crippen LogP contribution in [0.15, 0.2) is 23.1 Å². The van der Waals surface area contributed by atoms with E-state index in [4.69, 9.17) is 0 Å². The first-order valence-corrected chi connectivity index (χ1v) is 11.7. The van der Waals surface area contributed by atoms with E-state index in [0.717, 1.165) is 24.2 Å². The van der Waals surface area contributed by atoms with Crippen molar-refractivity contribution in [3.05, 3.63) is 24.0 Å². The van der Waals surface area contributed by atoms with Crippen LogP contribution in [0.3, 0.4) is 0 Å². The second-order valence-electron chi connectivity index (χ2n) is 8.50. The molecule has 2 atom stereocenters. The number of aromatic nitrogens is 2. The van der Waals surface area contributed by atoms with Crippen LogP contribution in [0.2, 0.25) is 0 Å². The van der Waals surface area contributed by atoms with Gasteiger partial charge in [-0.2, -0.15) is 0 Å². The van der Waals surface area contributed by atoms with Gasteiger partial charge in [0, 0.05) is 40.0 Å². The van der Waals surface area contributed by atoms with Crippen molar-refractivity contribution in [2.45, 2.75) is 56.9 Å². The summed E-state index contributed by atoms with van der Waals surface area (Å²) < 4.78 is 27.8. The Kier molecular flexibility index (Phi) is 6.33. The van der Waals surface area contributed by atoms with Crippen LogP contribution in [0.25, 0.3) is 11.0 Å². The van der Waals surface area contributed by atoms with E-state index < -0.39 is 10.0 Å². The Morgan fingerprint density at radius 3 is 2.52 bits per heavy atom. The maximum absolute atomic E-state index is 12.5. The summed E-state index contributed by atoms with van der Waals surface area (Å²) in [5.41, 5.74) is 1.48. The highest BCUT2D eigenvalue weighted by molar-refractivity contribution is 7.89. The first-order valence-electron chi connectivity index (χ1n) is 10.3. The smallest absolute Gasteiger partial charge is 0.242 e. The molecule has 1 fully saturated rings. The van der Waals surface area contributed by atoms with Crippen LogP contribution in [-0.2, 0) is 28.3 Å². The highest BCUT2D eigenvalue weighted by Gasteiger charge is 2.28. The van der Waals surface area contributed by atoms with Crippen molar-refractivity contribution in [3.8, 4) is 0 Å². The molecule has 1 N–H and O–H groups in total. The highest BCUT2D eigenvalue weighted by Crippen LogP contribution is 2.29. The van der Waals surface area contributed by atoms with E-state index in [2.05, 4.69) is 24.1 Å². The minimum Gasteiger partial charge on any atom is -0.353 e. The van der Waals surface area contributed by atoms with Crippen LogP contribution in [0, 0.1) is 11.8 Å². The van der Waals surface area contributed by atoms with Gasteiger partial charge in [-0.3, -0.25) is 4.79 Å². The fourth-order valence-corrected chi connectivity index (χ4v) is 5.20. The lowest BCUT2D eigenvalue weighted by atomic mass is 9.78. The van der Waals surface area contributed by atoms with E-state index in [9.17, 15) is 13.2 Å². The molecule has 1 aromatic carbocycles. The number of hydrogen-bond acceptors (Lipinski definition) is 4. The van der Waals surface area contributed by atoms with E-state index in [0.29, 0.717) is 30.2 Å². The van der Waals surface area contributed by atoms with Gasteiger partial charge < -0.3 is 9.88 Å². The Hall–Kier alpha value is -1.93. The molecule has 3 rings (SSSR count). The van der Waals surface area contributed by atoms with Crippen molar-refractivity contribution in [2.24, 2.45) is 18.9 Å². The second-order valence-corrected chi connectivity index (χ2v) is 10.7. The summed E-state index contributed by atoms with van der Waals surface area (Å²) in [6.07, 6.45) is 4.45. The van der Waals surface area contributed by atoms with Gasteiger partial charge in [-0.25, -0.2) is 17.7 Å². The van der Waals surface area contributed by atoms with Crippen LogP contribution in [-0.4, -0.2) is 48.3 Å². The quantitative estimate of drug-likeness (QED) is 0.779. The fourth-order valence-electron chi connectivity index (χ4n) is 4.27. The normalized spacial score (nSPS) is 22.9. The van der Waals surface area contributed by atoms with Crippen molar-refractivity contribution < 1.29 is 13.2 Å². The molecule has 0 saturated heterocycles. The van der Waals surface area contributed by atoms with Gasteiger partial charge in [0.1, 0.15) is 5.82 Å². The van der Waals surface area contributed by atoms with Gasteiger partial charge in [0.05, 0.1) is 15.9 Å². The van der Waals surface area contributed by atoms with E-state index >= 15 is 0 Å². The molecule has 2 unspecified atom stereocenters. The molecule has 1 aliphatic carbocycles. The standard InChI is InChI=1S/C21H32N4O3S/c1-14-7-6-8-15(2)21(14)23-20(26)12-11-19-22-17-13-16(29(27,28)24(3)4)9-10-18(17)25(19)5/h9-10,13-15,21H,6-8,11-12H2,1-5H3,(H,23,26). The number of carbonyl (C=O) groups excluding carboxylic acids is 1. The van der Waals surface area contributed by atoms with Gasteiger partial charge in [-0.15, -0.1) is 0 Å². The summed E-state index contributed by atoms with van der Waals surface area (Å²) in [7, 11) is 1.41. The molecule has 0 spiro atoms. The molecule has 7 nitrogen and oxygen atoms in total. The number of fused-ring (bicyclic) bond motifs is 1. The SMILES string of the molecule is CC1CCCC(C)C1NC(=O)CCc1nc2cc(S(=O)(=O)N(C)C)ccc2n1C. The van der Waals surface area contributed by atoms with Gasteiger partial charge in [-0.05, 0) is 42.9 Å². The van der Waals surface area contributed by atoms with E-state index in [1.165, 1.54) is 24.8 Å². The topological polar surface area (TPSA) is 84.3 Å². The number of rotatable bonds is 6. The minimum atomic E-state index is -3.50. The zero-order valence-electron chi connectivity index (χ0n) is 18.0. The average molecular weight is 421 g/mol. The number of hydrogen-bond donors (Lipinski definition) is 1. The zero-order chi connectivity index (χ0) is 21.3. The van der Waals surface area contributed by atoms with Gasteiger partial charge >= 0.3 is 0 Å². The van der Waals surface area contributed by atoms with Crippen LogP contribution in [0.1, 0.15) is 45.4 Å². The van der Waals surface area contributed by atoms with Crippen molar-refractivity contribution in [3.63, 3.8) is 0 Å². The molecular weight excluding hydrogens is 388 g/mol. The second kappa shape index (κ2) is 8.44. The van der Waals surface area contributed by atoms with Crippen molar-refractivity contribution in [1.29, 1.82) is 0 Å². The molecule has 160 valence electrons. The lowest BCUT2D eigenvalue weighted by molar-refractivity contribution is -0.122. The van der Waals surface area contributed by atoms with Gasteiger partial charge in [-0.1, -0.05) is 20.3 Å². The summed E-state index contributed by atoms with van der Waals surface area (Å²) in [5.74, 6) is 1.85. The molecule has 1 heterocycles. The first-order chi connectivity index (χ1) is 13.6. The lowest BCUT2D eigenvalue weighted by Gasteiger charge is -2.35. The van der Waals surface area contributed by atoms with Crippen molar-refractivity contribution in [2.75, 3.05) is 14.1 Å². The Balaban J connectivity index is 1.72. The van der Waals surface area contributed by atoms with Gasteiger partial charge in [0.2, 0.25) is 15.9 Å². The molecule has 1 amide bonds. The molecule has 1 aliphatic rings. The number of imidazole rings is 1. The summed E-state index contributed by atoms with van der Waals surface area (Å²) in [5, 5.41) is 3.22. The number of nitrogens with zero attached hydrogens (tertiary/aromatic N) is 3. The van der Waals surface area contributed by atoms with E-state index in [-0.39, 0.29) is 16.8 Å². The molecular formula is C21H32N4O3S. The third-order valence-corrected chi connectivity index (χ3v) is 7.98. The van der Waals surface area contributed by atoms with Gasteiger partial charge in [0.15, 0.2) is 0 Å². The predicted octanol–water partition coefficient (Wildman–Crippen LogP) is 2.70. The number of amides is 1. The maximum atomic E-state index is 12.5. The third kappa shape index (κ3) is 4.48. The van der Waals surface area contributed by atoms with E-state index in [1.54, 1.807) is 18.2 Å². The lowest BCUT2D eigenvalue weighted by Crippen LogP contribution is -2.45. The molecule has 0 aliphatic heterocycles. The summed E-state index contributed by atoms with van der Waals surface area (Å²) in [6.45, 7) is 4.43. The number of aryl methyl sites for hydroxylation is 2. The van der Waals surface area contributed by atoms with Crippen molar-refractivity contribution in [1.82, 2.24) is 19.2 Å². The Morgan fingerprint density at radius 2 is 1.90 bits per heavy atom. The molecule has 1 aromatic heterocycles. The number of nitrogens with one attached hydrogen (secondary N) is 1. The van der Waals surface area contributed by atoms with Crippen molar-refractivity contribution >= 4 is 27.0 Å². The van der Waals surface area contributed by atoms with Gasteiger partial charge in [0.25, 0.3) is 0 Å². The maximum Gasteiger partial charge on any atom is 0.242 e. The van der Waals surface area contributed by atoms with Crippen LogP contribution in [0.4, 0.5) is 0 Å². The third-order valence-electron chi connectivity index (χ3n) is 6.17. The van der Waals surface area contributed by atoms with Crippen LogP contribution >= 0.6 is 0 Å². The summed E-state index contributed by atoms with van der Waals surface area (Å²) >= 11 is 0. The molecule has 1 saturated carbocycles. The monoisotopic (exact) mass is 420 g/mol. The summed E-state index contributed by atoms with van der Waals surface area (Å²) in [4.78, 5) is 17.3. The van der Waals surface area contributed by atoms with Crippen LogP contribution < -0.4 is 5.32 Å². The fraction of sp³-hybridized carbons (Fsp3) is 0.619. The predicted molar refractivity (Wildman–Crippen MR) is 114 cm³/mol. The molecule has 8 heteroatoms. The highest BCUT2D eigenvalue weighted by atomic mass is 32.2. The van der Waals surface area contributed by atoms with E-state index in [1.807, 2.05) is 11.6 Å². The molecule has 2 aromatic rings. The first kappa shape index (κ1) is 21.8. The minimum absolute atomic E-state index is 0.0542. The Labute approximate surface area is 173 Å².